The van der Waals surface area contributed by atoms with E-state index in [0.717, 1.165) is 31.2 Å². The van der Waals surface area contributed by atoms with Crippen molar-refractivity contribution in [2.24, 2.45) is 13.0 Å². The molecule has 0 radical (unpaired) electrons. The van der Waals surface area contributed by atoms with E-state index in [2.05, 4.69) is 17.6 Å². The van der Waals surface area contributed by atoms with Crippen LogP contribution in [0.25, 0.3) is 0 Å². The van der Waals surface area contributed by atoms with Gasteiger partial charge in [-0.1, -0.05) is 31.4 Å². The van der Waals surface area contributed by atoms with E-state index in [-0.39, 0.29) is 17.6 Å². The molecule has 3 rings (SSSR count). The molecule has 2 amide bonds. The molecule has 0 spiro atoms. The average Bonchev–Trinajstić information content (AvgIpc) is 2.89. The molecule has 1 saturated carbocycles. The zero-order valence-corrected chi connectivity index (χ0v) is 19.5. The molecule has 1 aliphatic carbocycles. The van der Waals surface area contributed by atoms with Crippen LogP contribution in [0.1, 0.15) is 70.3 Å². The minimum Gasteiger partial charge on any atom is -0.346 e. The number of nitrogens with one attached hydrogen (secondary N) is 2. The van der Waals surface area contributed by atoms with Gasteiger partial charge >= 0.3 is 0 Å². The van der Waals surface area contributed by atoms with E-state index in [1.807, 2.05) is 13.0 Å². The second-order valence-corrected chi connectivity index (χ2v) is 9.17. The molecule has 2 N–H and O–H groups in total. The van der Waals surface area contributed by atoms with Gasteiger partial charge in [0.1, 0.15) is 0 Å². The van der Waals surface area contributed by atoms with Gasteiger partial charge in [-0.15, -0.1) is 0 Å². The third kappa shape index (κ3) is 5.01. The van der Waals surface area contributed by atoms with Crippen molar-refractivity contribution in [2.45, 2.75) is 59.4 Å². The molecular formula is C24H30ClN3O3. The molecule has 31 heavy (non-hydrogen) atoms. The molecule has 2 aromatic rings. The summed E-state index contributed by atoms with van der Waals surface area (Å²) < 4.78 is 1.62. The van der Waals surface area contributed by atoms with Gasteiger partial charge in [-0.3, -0.25) is 14.4 Å². The summed E-state index contributed by atoms with van der Waals surface area (Å²) >= 11 is 6.09. The van der Waals surface area contributed by atoms with Gasteiger partial charge in [0.15, 0.2) is 0 Å². The fourth-order valence-corrected chi connectivity index (χ4v) is 4.85. The highest BCUT2D eigenvalue weighted by atomic mass is 35.5. The van der Waals surface area contributed by atoms with Crippen molar-refractivity contribution in [3.8, 4) is 0 Å². The SMILES string of the molecule is Cc1cc(Cl)cc(NC(=O)c2c(C)c(C(=O)C(=O)N[C@@H]3CCC[C@@H](C)C3)n(C)c2C)c1. The van der Waals surface area contributed by atoms with Crippen LogP contribution in [0.2, 0.25) is 5.02 Å². The molecule has 1 heterocycles. The number of aryl methyl sites for hydroxylation is 1. The Balaban J connectivity index is 1.82. The van der Waals surface area contributed by atoms with Crippen LogP contribution in [0.5, 0.6) is 0 Å². The van der Waals surface area contributed by atoms with E-state index < -0.39 is 11.7 Å². The maximum Gasteiger partial charge on any atom is 0.294 e. The summed E-state index contributed by atoms with van der Waals surface area (Å²) in [4.78, 5) is 38.7. The first-order valence-corrected chi connectivity index (χ1v) is 11.1. The van der Waals surface area contributed by atoms with Crippen LogP contribution in [-0.4, -0.2) is 28.2 Å². The Labute approximate surface area is 188 Å². The fourth-order valence-electron chi connectivity index (χ4n) is 4.56. The zero-order chi connectivity index (χ0) is 22.9. The summed E-state index contributed by atoms with van der Waals surface area (Å²) in [7, 11) is 1.70. The van der Waals surface area contributed by atoms with E-state index >= 15 is 0 Å². The number of aromatic nitrogens is 1. The number of Topliss-reactive ketones (excluding diaryl/α,β-unsaturated/α-hetero) is 1. The Bertz CT molecular complexity index is 1020. The van der Waals surface area contributed by atoms with Crippen molar-refractivity contribution in [2.75, 3.05) is 5.32 Å². The lowest BCUT2D eigenvalue weighted by atomic mass is 9.87. The zero-order valence-electron chi connectivity index (χ0n) is 18.8. The Hall–Kier alpha value is -2.60. The van der Waals surface area contributed by atoms with Crippen molar-refractivity contribution in [1.29, 1.82) is 0 Å². The van der Waals surface area contributed by atoms with E-state index in [9.17, 15) is 14.4 Å². The maximum atomic E-state index is 13.0. The second-order valence-electron chi connectivity index (χ2n) is 8.74. The van der Waals surface area contributed by atoms with Crippen LogP contribution in [0, 0.1) is 26.7 Å². The number of nitrogens with zero attached hydrogens (tertiary/aromatic N) is 1. The summed E-state index contributed by atoms with van der Waals surface area (Å²) in [5.74, 6) is -1.02. The van der Waals surface area contributed by atoms with Gasteiger partial charge in [-0.25, -0.2) is 0 Å². The van der Waals surface area contributed by atoms with E-state index in [1.54, 1.807) is 37.6 Å². The Morgan fingerprint density at radius 1 is 1.10 bits per heavy atom. The number of hydrogen-bond donors (Lipinski definition) is 2. The molecule has 0 aliphatic heterocycles. The number of carbonyl (C=O) groups excluding carboxylic acids is 3. The largest absolute Gasteiger partial charge is 0.346 e. The van der Waals surface area contributed by atoms with E-state index in [1.165, 1.54) is 0 Å². The second kappa shape index (κ2) is 9.27. The predicted octanol–water partition coefficient (Wildman–Crippen LogP) is 4.73. The van der Waals surface area contributed by atoms with Crippen LogP contribution in [0.15, 0.2) is 18.2 Å². The number of benzene rings is 1. The maximum absolute atomic E-state index is 13.0. The van der Waals surface area contributed by atoms with Gasteiger partial charge in [0.05, 0.1) is 11.3 Å². The number of hydrogen-bond acceptors (Lipinski definition) is 3. The summed E-state index contributed by atoms with van der Waals surface area (Å²) in [5, 5.41) is 6.28. The Kier molecular flexibility index (Phi) is 6.90. The lowest BCUT2D eigenvalue weighted by molar-refractivity contribution is -0.118. The van der Waals surface area contributed by atoms with Crippen LogP contribution < -0.4 is 10.6 Å². The van der Waals surface area contributed by atoms with Gasteiger partial charge in [0, 0.05) is 29.5 Å². The normalized spacial score (nSPS) is 18.5. The highest BCUT2D eigenvalue weighted by Gasteiger charge is 2.30. The van der Waals surface area contributed by atoms with Gasteiger partial charge in [-0.05, 0) is 68.9 Å². The average molecular weight is 444 g/mol. The smallest absolute Gasteiger partial charge is 0.294 e. The van der Waals surface area contributed by atoms with Crippen molar-refractivity contribution in [1.82, 2.24) is 9.88 Å². The highest BCUT2D eigenvalue weighted by molar-refractivity contribution is 6.43. The summed E-state index contributed by atoms with van der Waals surface area (Å²) in [5.41, 5.74) is 3.25. The third-order valence-corrected chi connectivity index (χ3v) is 6.37. The van der Waals surface area contributed by atoms with Crippen molar-refractivity contribution < 1.29 is 14.4 Å². The van der Waals surface area contributed by atoms with Crippen LogP contribution in [0.4, 0.5) is 5.69 Å². The lowest BCUT2D eigenvalue weighted by Gasteiger charge is -2.27. The Morgan fingerprint density at radius 3 is 2.45 bits per heavy atom. The van der Waals surface area contributed by atoms with Crippen LogP contribution in [-0.2, 0) is 11.8 Å². The summed E-state index contributed by atoms with van der Waals surface area (Å²) in [6.07, 6.45) is 3.98. The fraction of sp³-hybridized carbons (Fsp3) is 0.458. The molecular weight excluding hydrogens is 414 g/mol. The first-order chi connectivity index (χ1) is 14.6. The third-order valence-electron chi connectivity index (χ3n) is 6.15. The first kappa shape index (κ1) is 23.1. The van der Waals surface area contributed by atoms with Crippen LogP contribution >= 0.6 is 11.6 Å². The molecule has 2 atom stereocenters. The predicted molar refractivity (Wildman–Crippen MR) is 123 cm³/mol. The number of anilines is 1. The molecule has 6 nitrogen and oxygen atoms in total. The standard InChI is InChI=1S/C24H30ClN3O3/c1-13-7-6-8-18(10-13)26-24(31)22(29)21-15(3)20(16(4)28(21)5)23(30)27-19-11-14(2)9-17(25)12-19/h9,11-13,18H,6-8,10H2,1-5H3,(H,26,31)(H,27,30)/t13-,18-/m1/s1. The number of halogens is 1. The lowest BCUT2D eigenvalue weighted by Crippen LogP contribution is -2.42. The number of rotatable bonds is 5. The number of carbonyl (C=O) groups is 3. The minimum atomic E-state index is -0.612. The number of ketones is 1. The highest BCUT2D eigenvalue weighted by Crippen LogP contribution is 2.26. The van der Waals surface area contributed by atoms with Crippen molar-refractivity contribution >= 4 is 34.9 Å². The minimum absolute atomic E-state index is 0.0238. The van der Waals surface area contributed by atoms with Gasteiger partial charge in [0.25, 0.3) is 17.6 Å². The quantitative estimate of drug-likeness (QED) is 0.517. The van der Waals surface area contributed by atoms with Gasteiger partial charge in [0.2, 0.25) is 0 Å². The molecule has 1 fully saturated rings. The van der Waals surface area contributed by atoms with Gasteiger partial charge < -0.3 is 15.2 Å². The molecule has 1 aromatic carbocycles. The van der Waals surface area contributed by atoms with Crippen molar-refractivity contribution in [3.05, 3.63) is 51.3 Å². The molecule has 7 heteroatoms. The molecule has 166 valence electrons. The van der Waals surface area contributed by atoms with Gasteiger partial charge in [-0.2, -0.15) is 0 Å². The molecule has 0 bridgehead atoms. The Morgan fingerprint density at radius 2 is 1.81 bits per heavy atom. The molecule has 0 saturated heterocycles. The molecule has 1 aromatic heterocycles. The topological polar surface area (TPSA) is 80.2 Å². The first-order valence-electron chi connectivity index (χ1n) is 10.7. The number of amides is 2. The van der Waals surface area contributed by atoms with Crippen LogP contribution in [0.3, 0.4) is 0 Å². The molecule has 0 unspecified atom stereocenters. The molecule has 1 aliphatic rings. The summed E-state index contributed by atoms with van der Waals surface area (Å²) in [6, 6.07) is 5.32. The van der Waals surface area contributed by atoms with Crippen molar-refractivity contribution in [3.63, 3.8) is 0 Å². The van der Waals surface area contributed by atoms with E-state index in [0.29, 0.717) is 33.4 Å². The summed E-state index contributed by atoms with van der Waals surface area (Å²) in [6.45, 7) is 7.52. The monoisotopic (exact) mass is 443 g/mol. The van der Waals surface area contributed by atoms with E-state index in [4.69, 9.17) is 11.6 Å².